The molecule has 12 heavy (non-hydrogen) atoms. The summed E-state index contributed by atoms with van der Waals surface area (Å²) in [5.74, 6) is 0. The van der Waals surface area contributed by atoms with E-state index in [4.69, 9.17) is 5.26 Å². The van der Waals surface area contributed by atoms with Gasteiger partial charge in [0.05, 0.1) is 11.6 Å². The molecule has 0 aromatic heterocycles. The Morgan fingerprint density at radius 1 is 1.33 bits per heavy atom. The van der Waals surface area contributed by atoms with E-state index >= 15 is 0 Å². The molecule has 0 heterocycles. The van der Waals surface area contributed by atoms with Crippen molar-refractivity contribution in [2.75, 3.05) is 19.0 Å². The van der Waals surface area contributed by atoms with Gasteiger partial charge >= 0.3 is 0 Å². The first-order valence-electron chi connectivity index (χ1n) is 3.83. The summed E-state index contributed by atoms with van der Waals surface area (Å²) in [7, 11) is 3.97. The molecule has 0 aliphatic heterocycles. The maximum atomic E-state index is 8.68. The summed E-state index contributed by atoms with van der Waals surface area (Å²) in [5.41, 5.74) is 2.91. The van der Waals surface area contributed by atoms with Gasteiger partial charge in [-0.1, -0.05) is 0 Å². The molecule has 0 N–H and O–H groups in total. The Morgan fingerprint density at radius 3 is 2.42 bits per heavy atom. The van der Waals surface area contributed by atoms with Crippen LogP contribution in [0.3, 0.4) is 0 Å². The van der Waals surface area contributed by atoms with Gasteiger partial charge < -0.3 is 4.90 Å². The summed E-state index contributed by atoms with van der Waals surface area (Å²) >= 11 is 0. The van der Waals surface area contributed by atoms with E-state index in [0.29, 0.717) is 0 Å². The number of hydrogen-bond acceptors (Lipinski definition) is 2. The van der Waals surface area contributed by atoms with Gasteiger partial charge in [0, 0.05) is 19.8 Å². The molecule has 0 spiro atoms. The van der Waals surface area contributed by atoms with Gasteiger partial charge in [0.1, 0.15) is 0 Å². The van der Waals surface area contributed by atoms with Crippen molar-refractivity contribution >= 4 is 5.69 Å². The van der Waals surface area contributed by atoms with Crippen molar-refractivity contribution in [2.24, 2.45) is 0 Å². The van der Waals surface area contributed by atoms with Crippen molar-refractivity contribution in [3.8, 4) is 6.07 Å². The molecular weight excluding hydrogens is 148 g/mol. The Bertz CT molecular complexity index is 321. The van der Waals surface area contributed by atoms with Crippen molar-refractivity contribution < 1.29 is 0 Å². The summed E-state index contributed by atoms with van der Waals surface area (Å²) < 4.78 is 0. The van der Waals surface area contributed by atoms with E-state index in [-0.39, 0.29) is 0 Å². The van der Waals surface area contributed by atoms with E-state index in [9.17, 15) is 0 Å². The van der Waals surface area contributed by atoms with Gasteiger partial charge in [-0.15, -0.1) is 0 Å². The highest BCUT2D eigenvalue weighted by atomic mass is 15.1. The lowest BCUT2D eigenvalue weighted by molar-refractivity contribution is 1.13. The maximum Gasteiger partial charge on any atom is 0.0994 e. The van der Waals surface area contributed by atoms with Gasteiger partial charge in [0.2, 0.25) is 0 Å². The van der Waals surface area contributed by atoms with Gasteiger partial charge in [-0.3, -0.25) is 0 Å². The molecule has 0 bridgehead atoms. The SMILES string of the molecule is Cc1cc(N(C)C)ccc1C#N. The Labute approximate surface area is 73.0 Å². The van der Waals surface area contributed by atoms with E-state index in [1.165, 1.54) is 0 Å². The number of rotatable bonds is 1. The molecule has 0 atom stereocenters. The highest BCUT2D eigenvalue weighted by Gasteiger charge is 1.99. The Hall–Kier alpha value is -1.49. The number of anilines is 1. The summed E-state index contributed by atoms with van der Waals surface area (Å²) in [6.45, 7) is 1.95. The molecule has 62 valence electrons. The fraction of sp³-hybridized carbons (Fsp3) is 0.300. The third kappa shape index (κ3) is 1.57. The Morgan fingerprint density at radius 2 is 2.00 bits per heavy atom. The maximum absolute atomic E-state index is 8.68. The van der Waals surface area contributed by atoms with Gasteiger partial charge in [-0.05, 0) is 30.7 Å². The normalized spacial score (nSPS) is 9.17. The molecule has 1 aromatic rings. The second kappa shape index (κ2) is 3.27. The first kappa shape index (κ1) is 8.61. The van der Waals surface area contributed by atoms with Crippen LogP contribution < -0.4 is 4.90 Å². The van der Waals surface area contributed by atoms with Crippen molar-refractivity contribution in [1.82, 2.24) is 0 Å². The second-order valence-electron chi connectivity index (χ2n) is 3.01. The average Bonchev–Trinajstić information content (AvgIpc) is 2.04. The number of hydrogen-bond donors (Lipinski definition) is 0. The summed E-state index contributed by atoms with van der Waals surface area (Å²) in [6.07, 6.45) is 0. The lowest BCUT2D eigenvalue weighted by Crippen LogP contribution is -2.08. The van der Waals surface area contributed by atoms with Crippen LogP contribution in [0.1, 0.15) is 11.1 Å². The Kier molecular flexibility index (Phi) is 2.35. The first-order chi connectivity index (χ1) is 5.65. The van der Waals surface area contributed by atoms with Crippen LogP contribution in [0.25, 0.3) is 0 Å². The van der Waals surface area contributed by atoms with Crippen LogP contribution in [-0.2, 0) is 0 Å². The molecule has 1 aromatic carbocycles. The minimum Gasteiger partial charge on any atom is -0.378 e. The van der Waals surface area contributed by atoms with Crippen molar-refractivity contribution in [1.29, 1.82) is 5.26 Å². The summed E-state index contributed by atoms with van der Waals surface area (Å²) in [6, 6.07) is 7.96. The minimum absolute atomic E-state index is 0.751. The van der Waals surface area contributed by atoms with Crippen molar-refractivity contribution in [3.63, 3.8) is 0 Å². The van der Waals surface area contributed by atoms with Crippen LogP contribution >= 0.6 is 0 Å². The first-order valence-corrected chi connectivity index (χ1v) is 3.83. The zero-order chi connectivity index (χ0) is 9.14. The standard InChI is InChI=1S/C10H12N2/c1-8-6-10(12(2)3)5-4-9(8)7-11/h4-6H,1-3H3. The topological polar surface area (TPSA) is 27.0 Å². The van der Waals surface area contributed by atoms with Gasteiger partial charge in [-0.2, -0.15) is 5.26 Å². The molecular formula is C10H12N2. The number of aryl methyl sites for hydroxylation is 1. The molecule has 2 heteroatoms. The summed E-state index contributed by atoms with van der Waals surface area (Å²) in [5, 5.41) is 8.68. The molecule has 0 unspecified atom stereocenters. The van der Waals surface area contributed by atoms with Crippen molar-refractivity contribution in [2.45, 2.75) is 6.92 Å². The van der Waals surface area contributed by atoms with Gasteiger partial charge in [-0.25, -0.2) is 0 Å². The zero-order valence-electron chi connectivity index (χ0n) is 7.63. The quantitative estimate of drug-likeness (QED) is 0.627. The van der Waals surface area contributed by atoms with E-state index in [1.54, 1.807) is 0 Å². The van der Waals surface area contributed by atoms with E-state index in [0.717, 1.165) is 16.8 Å². The molecule has 1 rings (SSSR count). The van der Waals surface area contributed by atoms with Crippen LogP contribution in [0.2, 0.25) is 0 Å². The summed E-state index contributed by atoms with van der Waals surface area (Å²) in [4.78, 5) is 2.02. The van der Waals surface area contributed by atoms with Gasteiger partial charge in [0.15, 0.2) is 0 Å². The van der Waals surface area contributed by atoms with E-state index in [2.05, 4.69) is 6.07 Å². The largest absolute Gasteiger partial charge is 0.378 e. The van der Waals surface area contributed by atoms with Gasteiger partial charge in [0.25, 0.3) is 0 Å². The second-order valence-corrected chi connectivity index (χ2v) is 3.01. The molecule has 0 fully saturated rings. The third-order valence-corrected chi connectivity index (χ3v) is 1.85. The molecule has 0 saturated carbocycles. The lowest BCUT2D eigenvalue weighted by Gasteiger charge is -2.12. The number of nitriles is 1. The molecule has 0 saturated heterocycles. The predicted molar refractivity (Wildman–Crippen MR) is 50.2 cm³/mol. The number of nitrogens with zero attached hydrogens (tertiary/aromatic N) is 2. The number of benzene rings is 1. The lowest BCUT2D eigenvalue weighted by atomic mass is 10.1. The zero-order valence-corrected chi connectivity index (χ0v) is 7.63. The van der Waals surface area contributed by atoms with Crippen LogP contribution in [0.15, 0.2) is 18.2 Å². The van der Waals surface area contributed by atoms with E-state index < -0.39 is 0 Å². The van der Waals surface area contributed by atoms with Crippen LogP contribution in [0, 0.1) is 18.3 Å². The average molecular weight is 160 g/mol. The molecule has 2 nitrogen and oxygen atoms in total. The van der Waals surface area contributed by atoms with E-state index in [1.807, 2.05) is 44.1 Å². The molecule has 0 radical (unpaired) electrons. The molecule has 0 amide bonds. The van der Waals surface area contributed by atoms with Crippen LogP contribution in [0.4, 0.5) is 5.69 Å². The predicted octanol–water partition coefficient (Wildman–Crippen LogP) is 1.93. The molecule has 0 aliphatic carbocycles. The minimum atomic E-state index is 0.751. The third-order valence-electron chi connectivity index (χ3n) is 1.85. The monoisotopic (exact) mass is 160 g/mol. The molecule has 0 aliphatic rings. The highest BCUT2D eigenvalue weighted by molar-refractivity contribution is 5.52. The smallest absolute Gasteiger partial charge is 0.0994 e. The van der Waals surface area contributed by atoms with Crippen LogP contribution in [0.5, 0.6) is 0 Å². The highest BCUT2D eigenvalue weighted by Crippen LogP contribution is 2.16. The van der Waals surface area contributed by atoms with Crippen LogP contribution in [-0.4, -0.2) is 14.1 Å². The van der Waals surface area contributed by atoms with Crippen molar-refractivity contribution in [3.05, 3.63) is 29.3 Å². The Balaban J connectivity index is 3.12. The fourth-order valence-electron chi connectivity index (χ4n) is 1.05. The fourth-order valence-corrected chi connectivity index (χ4v) is 1.05.